The van der Waals surface area contributed by atoms with Crippen LogP contribution in [0.1, 0.15) is 78.8 Å². The van der Waals surface area contributed by atoms with Gasteiger partial charge in [0.1, 0.15) is 0 Å². The number of aromatic nitrogens is 1. The number of para-hydroxylation sites is 1. The van der Waals surface area contributed by atoms with Crippen molar-refractivity contribution in [1.29, 1.82) is 0 Å². The number of benzene rings is 4. The summed E-state index contributed by atoms with van der Waals surface area (Å²) in [5, 5.41) is 29.6. The van der Waals surface area contributed by atoms with Crippen LogP contribution in [0.5, 0.6) is 11.5 Å². The number of carbonyl (C=O) groups excluding carboxylic acids is 3. The first-order valence-corrected chi connectivity index (χ1v) is 16.7. The maximum Gasteiger partial charge on any atom is 0.255 e. The number of likely N-dealkylation sites (tertiary alicyclic amines) is 1. The third kappa shape index (κ3) is 3.55. The van der Waals surface area contributed by atoms with Crippen molar-refractivity contribution in [3.8, 4) is 11.5 Å². The van der Waals surface area contributed by atoms with E-state index < -0.39 is 17.1 Å². The molecule has 5 aliphatic rings. The molecule has 2 fully saturated rings. The molecule has 3 aliphatic carbocycles. The summed E-state index contributed by atoms with van der Waals surface area (Å²) in [6.45, 7) is 1.86. The van der Waals surface area contributed by atoms with E-state index in [1.807, 2.05) is 24.3 Å². The van der Waals surface area contributed by atoms with E-state index >= 15 is 0 Å². The molecule has 3 heterocycles. The van der Waals surface area contributed by atoms with Crippen LogP contribution in [0.15, 0.2) is 60.7 Å². The standard InChI is InChI=1S/C39H33N3O6/c43-18-25-12-21-6-7-23(13-24(21)14-26(25)19-44)37(46)40-29-3-1-2-27-28-16-39(47)31-15-22-8-9-30(45)35-32(22)38(39,10-11-42(31)17-20-4-5-20)36(48-35)34(28)41-33(27)29/h1-3,6-9,12-14,18-20,31,36,41,45,47H,4-5,10-11,15-17H2,(H,40,46)/t31-,36-,38-,39+/m0/s1. The quantitative estimate of drug-likeness (QED) is 0.178. The van der Waals surface area contributed by atoms with Gasteiger partial charge >= 0.3 is 0 Å². The molecule has 9 nitrogen and oxygen atoms in total. The van der Waals surface area contributed by atoms with E-state index in [4.69, 9.17) is 4.74 Å². The lowest BCUT2D eigenvalue weighted by atomic mass is 9.49. The van der Waals surface area contributed by atoms with Gasteiger partial charge in [-0.1, -0.05) is 24.3 Å². The molecule has 240 valence electrons. The fraction of sp³-hybridized carbons (Fsp3) is 0.308. The molecule has 10 rings (SSSR count). The Kier molecular flexibility index (Phi) is 5.58. The van der Waals surface area contributed by atoms with Gasteiger partial charge in [0.25, 0.3) is 5.91 Å². The molecule has 0 unspecified atom stereocenters. The number of piperidine rings is 1. The van der Waals surface area contributed by atoms with Gasteiger partial charge in [-0.25, -0.2) is 0 Å². The summed E-state index contributed by atoms with van der Waals surface area (Å²) < 4.78 is 6.73. The Labute approximate surface area is 275 Å². The number of aromatic amines is 1. The molecule has 0 radical (unpaired) electrons. The summed E-state index contributed by atoms with van der Waals surface area (Å²) in [7, 11) is 0. The molecule has 4 N–H and O–H groups in total. The van der Waals surface area contributed by atoms with Crippen molar-refractivity contribution in [2.75, 3.05) is 18.4 Å². The summed E-state index contributed by atoms with van der Waals surface area (Å²) >= 11 is 0. The van der Waals surface area contributed by atoms with Crippen LogP contribution < -0.4 is 10.1 Å². The lowest BCUT2D eigenvalue weighted by molar-refractivity contribution is -0.173. The number of fused-ring (bicyclic) bond motifs is 5. The maximum absolute atomic E-state index is 13.7. The minimum atomic E-state index is -1.10. The van der Waals surface area contributed by atoms with Crippen LogP contribution in [-0.2, 0) is 18.3 Å². The van der Waals surface area contributed by atoms with E-state index in [0.29, 0.717) is 59.3 Å². The predicted molar refractivity (Wildman–Crippen MR) is 179 cm³/mol. The summed E-state index contributed by atoms with van der Waals surface area (Å²) in [6.07, 6.45) is 5.14. The summed E-state index contributed by atoms with van der Waals surface area (Å²) in [6, 6.07) is 17.9. The monoisotopic (exact) mass is 639 g/mol. The second-order valence-electron chi connectivity index (χ2n) is 14.4. The summed E-state index contributed by atoms with van der Waals surface area (Å²) in [5.74, 6) is 0.958. The third-order valence-corrected chi connectivity index (χ3v) is 12.0. The number of anilines is 1. The number of phenols is 1. The van der Waals surface area contributed by atoms with Crippen LogP contribution >= 0.6 is 0 Å². The zero-order valence-corrected chi connectivity index (χ0v) is 26.1. The minimum absolute atomic E-state index is 0.0721. The average molecular weight is 640 g/mol. The number of hydrogen-bond donors (Lipinski definition) is 4. The number of carbonyl (C=O) groups is 3. The SMILES string of the molecule is O=Cc1cc2ccc(C(=O)Nc3cccc4c5c([nH]c34)[C@@H]3Oc4c(O)ccc6c4[C@@]34CCN(CC3CC3)[C@@H](C6)[C@]4(O)C5)cc2cc1C=O. The Morgan fingerprint density at radius 1 is 1.04 bits per heavy atom. The molecule has 1 amide bonds. The van der Waals surface area contributed by atoms with Gasteiger partial charge in [0.15, 0.2) is 30.2 Å². The fourth-order valence-electron chi connectivity index (χ4n) is 9.62. The summed E-state index contributed by atoms with van der Waals surface area (Å²) in [5.41, 5.74) is 4.51. The van der Waals surface area contributed by atoms with Gasteiger partial charge in [-0.05, 0) is 96.4 Å². The summed E-state index contributed by atoms with van der Waals surface area (Å²) in [4.78, 5) is 42.8. The van der Waals surface area contributed by atoms with Crippen molar-refractivity contribution < 1.29 is 29.3 Å². The topological polar surface area (TPSA) is 132 Å². The number of ether oxygens (including phenoxy) is 1. The molecule has 4 aromatic carbocycles. The van der Waals surface area contributed by atoms with Crippen LogP contribution in [0.4, 0.5) is 5.69 Å². The molecule has 5 aromatic rings. The highest BCUT2D eigenvalue weighted by Crippen LogP contribution is 2.69. The Morgan fingerprint density at radius 2 is 1.85 bits per heavy atom. The van der Waals surface area contributed by atoms with Gasteiger partial charge in [-0.3, -0.25) is 19.3 Å². The largest absolute Gasteiger partial charge is 0.504 e. The van der Waals surface area contributed by atoms with Gasteiger partial charge < -0.3 is 25.3 Å². The molecule has 4 atom stereocenters. The molecule has 1 aromatic heterocycles. The Bertz CT molecular complexity index is 2270. The highest BCUT2D eigenvalue weighted by molar-refractivity contribution is 6.11. The number of phenolic OH excluding ortho intramolecular Hbond substituents is 1. The molecule has 48 heavy (non-hydrogen) atoms. The second kappa shape index (κ2) is 9.55. The first-order chi connectivity index (χ1) is 23.3. The van der Waals surface area contributed by atoms with Gasteiger partial charge in [0, 0.05) is 46.6 Å². The number of amides is 1. The zero-order valence-electron chi connectivity index (χ0n) is 26.1. The molecule has 2 bridgehead atoms. The molecular weight excluding hydrogens is 606 g/mol. The molecule has 1 saturated carbocycles. The van der Waals surface area contributed by atoms with Crippen LogP contribution in [0.3, 0.4) is 0 Å². The first-order valence-electron chi connectivity index (χ1n) is 16.7. The Hall–Kier alpha value is -4.99. The van der Waals surface area contributed by atoms with Crippen molar-refractivity contribution >= 4 is 45.8 Å². The van der Waals surface area contributed by atoms with Crippen LogP contribution in [0.25, 0.3) is 21.7 Å². The fourth-order valence-corrected chi connectivity index (χ4v) is 9.62. The van der Waals surface area contributed by atoms with Crippen LogP contribution in [-0.4, -0.2) is 63.3 Å². The number of aliphatic hydroxyl groups is 1. The van der Waals surface area contributed by atoms with E-state index in [2.05, 4.69) is 15.2 Å². The Morgan fingerprint density at radius 3 is 2.65 bits per heavy atom. The number of H-pyrrole nitrogens is 1. The normalized spacial score (nSPS) is 26.5. The van der Waals surface area contributed by atoms with E-state index in [1.165, 1.54) is 12.8 Å². The van der Waals surface area contributed by atoms with Crippen molar-refractivity contribution in [3.05, 3.63) is 99.7 Å². The number of hydrogen-bond acceptors (Lipinski definition) is 7. The van der Waals surface area contributed by atoms with Crippen LogP contribution in [0.2, 0.25) is 0 Å². The van der Waals surface area contributed by atoms with E-state index in [0.717, 1.165) is 58.2 Å². The third-order valence-electron chi connectivity index (χ3n) is 12.0. The minimum Gasteiger partial charge on any atom is -0.504 e. The van der Waals surface area contributed by atoms with Crippen molar-refractivity contribution in [2.24, 2.45) is 5.92 Å². The van der Waals surface area contributed by atoms with Crippen LogP contribution in [0, 0.1) is 5.92 Å². The lowest BCUT2D eigenvalue weighted by Gasteiger charge is -2.62. The lowest BCUT2D eigenvalue weighted by Crippen LogP contribution is -2.74. The number of aromatic hydroxyl groups is 1. The molecule has 9 heteroatoms. The van der Waals surface area contributed by atoms with E-state index in [1.54, 1.807) is 36.4 Å². The van der Waals surface area contributed by atoms with Crippen molar-refractivity contribution in [3.63, 3.8) is 0 Å². The first kappa shape index (κ1) is 28.1. The number of nitrogens with one attached hydrogen (secondary N) is 2. The predicted octanol–water partition coefficient (Wildman–Crippen LogP) is 5.60. The maximum atomic E-state index is 13.7. The number of nitrogens with zero attached hydrogens (tertiary/aromatic N) is 1. The highest BCUT2D eigenvalue weighted by atomic mass is 16.5. The average Bonchev–Trinajstić information content (AvgIpc) is 3.73. The number of aldehydes is 2. The molecular formula is C39H33N3O6. The number of rotatable bonds is 6. The van der Waals surface area contributed by atoms with E-state index in [-0.39, 0.29) is 23.3 Å². The zero-order chi connectivity index (χ0) is 32.5. The van der Waals surface area contributed by atoms with Gasteiger partial charge in [0.05, 0.1) is 27.9 Å². The van der Waals surface area contributed by atoms with E-state index in [9.17, 15) is 24.6 Å². The van der Waals surface area contributed by atoms with Gasteiger partial charge in [0.2, 0.25) is 0 Å². The van der Waals surface area contributed by atoms with Gasteiger partial charge in [-0.15, -0.1) is 0 Å². The van der Waals surface area contributed by atoms with Crippen molar-refractivity contribution in [1.82, 2.24) is 9.88 Å². The molecule has 2 aliphatic heterocycles. The molecule has 1 saturated heterocycles. The molecule has 1 spiro atoms. The van der Waals surface area contributed by atoms with Crippen molar-refractivity contribution in [2.45, 2.75) is 55.3 Å². The Balaban J connectivity index is 1.07. The second-order valence-corrected chi connectivity index (χ2v) is 14.4. The van der Waals surface area contributed by atoms with Gasteiger partial charge in [-0.2, -0.15) is 0 Å². The highest BCUT2D eigenvalue weighted by Gasteiger charge is 2.72. The smallest absolute Gasteiger partial charge is 0.255 e.